The lowest BCUT2D eigenvalue weighted by Crippen LogP contribution is -2.33. The smallest absolute Gasteiger partial charge is 0.329 e. The minimum absolute atomic E-state index is 0.0628. The summed E-state index contributed by atoms with van der Waals surface area (Å²) in [5.74, 6) is -0.167. The number of nitrogens with two attached hydrogens (primary N) is 1. The fraction of sp³-hybridized carbons (Fsp3) is 0.263. The summed E-state index contributed by atoms with van der Waals surface area (Å²) in [4.78, 5) is 44.7. The average molecular weight is 365 g/mol. The number of pyridine rings is 1. The van der Waals surface area contributed by atoms with E-state index in [0.29, 0.717) is 18.7 Å². The second-order valence-electron chi connectivity index (χ2n) is 6.80. The summed E-state index contributed by atoms with van der Waals surface area (Å²) in [6.07, 6.45) is 1.39. The van der Waals surface area contributed by atoms with Crippen molar-refractivity contribution in [1.82, 2.24) is 19.4 Å². The van der Waals surface area contributed by atoms with Crippen molar-refractivity contribution >= 4 is 16.9 Å². The molecule has 27 heavy (non-hydrogen) atoms. The van der Waals surface area contributed by atoms with E-state index in [1.54, 1.807) is 4.90 Å². The van der Waals surface area contributed by atoms with Crippen LogP contribution in [0.15, 0.2) is 52.2 Å². The molecule has 1 saturated heterocycles. The van der Waals surface area contributed by atoms with Gasteiger partial charge in [-0.1, -0.05) is 30.3 Å². The summed E-state index contributed by atoms with van der Waals surface area (Å²) in [5, 5.41) is 0.200. The topological polar surface area (TPSA) is 114 Å². The van der Waals surface area contributed by atoms with E-state index >= 15 is 0 Å². The van der Waals surface area contributed by atoms with E-state index < -0.39 is 11.2 Å². The second kappa shape index (κ2) is 6.48. The molecule has 3 heterocycles. The fourth-order valence-corrected chi connectivity index (χ4v) is 3.58. The molecule has 8 heteroatoms. The van der Waals surface area contributed by atoms with Crippen molar-refractivity contribution in [2.45, 2.75) is 12.0 Å². The Bertz CT molecular complexity index is 1140. The van der Waals surface area contributed by atoms with E-state index in [-0.39, 0.29) is 28.9 Å². The van der Waals surface area contributed by atoms with Crippen LogP contribution in [-0.2, 0) is 7.05 Å². The van der Waals surface area contributed by atoms with Gasteiger partial charge in [-0.25, -0.2) is 9.78 Å². The largest absolute Gasteiger partial charge is 0.336 e. The Morgan fingerprint density at radius 2 is 1.96 bits per heavy atom. The normalized spacial score (nSPS) is 19.6. The van der Waals surface area contributed by atoms with E-state index in [0.717, 1.165) is 5.56 Å². The summed E-state index contributed by atoms with van der Waals surface area (Å²) >= 11 is 0. The number of hydrogen-bond donors (Lipinski definition) is 2. The van der Waals surface area contributed by atoms with Gasteiger partial charge < -0.3 is 10.6 Å². The van der Waals surface area contributed by atoms with Gasteiger partial charge in [-0.3, -0.25) is 19.1 Å². The lowest BCUT2D eigenvalue weighted by molar-refractivity contribution is 0.0789. The van der Waals surface area contributed by atoms with E-state index in [9.17, 15) is 14.4 Å². The maximum atomic E-state index is 12.9. The molecule has 2 aromatic heterocycles. The summed E-state index contributed by atoms with van der Waals surface area (Å²) in [7, 11) is 1.51. The average Bonchev–Trinajstić information content (AvgIpc) is 3.07. The molecular weight excluding hydrogens is 346 g/mol. The fourth-order valence-electron chi connectivity index (χ4n) is 3.58. The SMILES string of the molecule is Cn1c(=O)[nH]c(=O)c2cc(C(=O)N3C[C@@H](N)[C@H](c4ccccc4)C3)cnc21. The summed E-state index contributed by atoms with van der Waals surface area (Å²) in [6.45, 7) is 0.936. The molecule has 138 valence electrons. The molecule has 4 rings (SSSR count). The molecule has 1 fully saturated rings. The van der Waals surface area contributed by atoms with Gasteiger partial charge >= 0.3 is 5.69 Å². The molecule has 3 aromatic rings. The summed E-state index contributed by atoms with van der Waals surface area (Å²) < 4.78 is 1.24. The van der Waals surface area contributed by atoms with Gasteiger partial charge in [0, 0.05) is 38.3 Å². The molecule has 0 saturated carbocycles. The lowest BCUT2D eigenvalue weighted by atomic mass is 9.95. The van der Waals surface area contributed by atoms with Crippen LogP contribution in [0.2, 0.25) is 0 Å². The highest BCUT2D eigenvalue weighted by atomic mass is 16.2. The van der Waals surface area contributed by atoms with E-state index in [2.05, 4.69) is 9.97 Å². The summed E-state index contributed by atoms with van der Waals surface area (Å²) in [5.41, 5.74) is 6.80. The summed E-state index contributed by atoms with van der Waals surface area (Å²) in [6, 6.07) is 11.2. The van der Waals surface area contributed by atoms with Gasteiger partial charge in [0.25, 0.3) is 11.5 Å². The van der Waals surface area contributed by atoms with Gasteiger partial charge in [0.2, 0.25) is 0 Å². The van der Waals surface area contributed by atoms with Crippen LogP contribution >= 0.6 is 0 Å². The van der Waals surface area contributed by atoms with Crippen LogP contribution in [0.4, 0.5) is 0 Å². The molecule has 0 bridgehead atoms. The molecule has 1 aromatic carbocycles. The van der Waals surface area contributed by atoms with E-state index in [1.807, 2.05) is 30.3 Å². The highest BCUT2D eigenvalue weighted by Gasteiger charge is 2.34. The third-order valence-corrected chi connectivity index (χ3v) is 5.08. The Balaban J connectivity index is 1.66. The number of aromatic amines is 1. The second-order valence-corrected chi connectivity index (χ2v) is 6.80. The highest BCUT2D eigenvalue weighted by molar-refractivity contribution is 5.97. The van der Waals surface area contributed by atoms with Crippen LogP contribution in [0, 0.1) is 0 Å². The van der Waals surface area contributed by atoms with Gasteiger partial charge in [0.05, 0.1) is 10.9 Å². The standard InChI is InChI=1S/C19H19N5O3/c1-23-16-13(17(25)22-19(23)27)7-12(8-21-16)18(26)24-9-14(15(20)10-24)11-5-3-2-4-6-11/h2-8,14-15H,9-10,20H2,1H3,(H,22,25,27)/t14-,15+/m0/s1. The quantitative estimate of drug-likeness (QED) is 0.673. The minimum Gasteiger partial charge on any atom is -0.336 e. The van der Waals surface area contributed by atoms with Crippen LogP contribution in [0.25, 0.3) is 11.0 Å². The van der Waals surface area contributed by atoms with Crippen molar-refractivity contribution in [3.05, 3.63) is 74.6 Å². The molecule has 0 unspecified atom stereocenters. The number of hydrogen-bond acceptors (Lipinski definition) is 5. The first-order chi connectivity index (χ1) is 13.0. The number of benzene rings is 1. The third kappa shape index (κ3) is 2.93. The molecule has 0 aliphatic carbocycles. The van der Waals surface area contributed by atoms with Crippen molar-refractivity contribution in [3.63, 3.8) is 0 Å². The van der Waals surface area contributed by atoms with Crippen LogP contribution in [-0.4, -0.2) is 44.5 Å². The number of nitrogens with zero attached hydrogens (tertiary/aromatic N) is 3. The van der Waals surface area contributed by atoms with Crippen LogP contribution in [0.3, 0.4) is 0 Å². The molecule has 1 amide bonds. The molecule has 3 N–H and O–H groups in total. The first kappa shape index (κ1) is 17.2. The molecule has 1 aliphatic rings. The minimum atomic E-state index is -0.560. The first-order valence-electron chi connectivity index (χ1n) is 8.64. The Hall–Kier alpha value is -3.26. The predicted molar refractivity (Wildman–Crippen MR) is 101 cm³/mol. The number of amides is 1. The van der Waals surface area contributed by atoms with Gasteiger partial charge in [-0.15, -0.1) is 0 Å². The first-order valence-corrected chi connectivity index (χ1v) is 8.64. The molecule has 8 nitrogen and oxygen atoms in total. The Kier molecular flexibility index (Phi) is 4.12. The third-order valence-electron chi connectivity index (χ3n) is 5.08. The maximum absolute atomic E-state index is 12.9. The van der Waals surface area contributed by atoms with Crippen molar-refractivity contribution in [2.24, 2.45) is 12.8 Å². The number of aromatic nitrogens is 3. The number of carbonyl (C=O) groups excluding carboxylic acids is 1. The maximum Gasteiger partial charge on any atom is 0.329 e. The van der Waals surface area contributed by atoms with Gasteiger partial charge in [-0.2, -0.15) is 0 Å². The van der Waals surface area contributed by atoms with Gasteiger partial charge in [-0.05, 0) is 11.6 Å². The van der Waals surface area contributed by atoms with Crippen LogP contribution in [0.5, 0.6) is 0 Å². The van der Waals surface area contributed by atoms with Crippen molar-refractivity contribution in [3.8, 4) is 0 Å². The molecule has 1 aliphatic heterocycles. The number of carbonyl (C=O) groups is 1. The number of fused-ring (bicyclic) bond motifs is 1. The van der Waals surface area contributed by atoms with Crippen molar-refractivity contribution in [1.29, 1.82) is 0 Å². The molecule has 0 radical (unpaired) electrons. The molecule has 2 atom stereocenters. The van der Waals surface area contributed by atoms with E-state index in [1.165, 1.54) is 23.9 Å². The molecular formula is C19H19N5O3. The monoisotopic (exact) mass is 365 g/mol. The number of rotatable bonds is 2. The van der Waals surface area contributed by atoms with Gasteiger partial charge in [0.15, 0.2) is 0 Å². The Labute approximate surface area is 154 Å². The predicted octanol–water partition coefficient (Wildman–Crippen LogP) is 0.189. The number of nitrogens with one attached hydrogen (secondary N) is 1. The number of likely N-dealkylation sites (tertiary alicyclic amines) is 1. The lowest BCUT2D eigenvalue weighted by Gasteiger charge is -2.16. The van der Waals surface area contributed by atoms with Gasteiger partial charge in [0.1, 0.15) is 5.65 Å². The zero-order valence-corrected chi connectivity index (χ0v) is 14.8. The van der Waals surface area contributed by atoms with Crippen LogP contribution in [0.1, 0.15) is 21.8 Å². The van der Waals surface area contributed by atoms with E-state index in [4.69, 9.17) is 5.73 Å². The highest BCUT2D eigenvalue weighted by Crippen LogP contribution is 2.27. The Morgan fingerprint density at radius 3 is 2.70 bits per heavy atom. The zero-order valence-electron chi connectivity index (χ0n) is 14.8. The molecule has 0 spiro atoms. The van der Waals surface area contributed by atoms with Crippen molar-refractivity contribution < 1.29 is 4.79 Å². The number of H-pyrrole nitrogens is 1. The zero-order chi connectivity index (χ0) is 19.1. The van der Waals surface area contributed by atoms with Crippen LogP contribution < -0.4 is 17.0 Å². The Morgan fingerprint density at radius 1 is 1.22 bits per heavy atom. The van der Waals surface area contributed by atoms with Crippen molar-refractivity contribution in [2.75, 3.05) is 13.1 Å². The number of aryl methyl sites for hydroxylation is 1.